The van der Waals surface area contributed by atoms with E-state index in [4.69, 9.17) is 14.2 Å². The minimum atomic E-state index is -1.11. The van der Waals surface area contributed by atoms with Gasteiger partial charge in [-0.15, -0.1) is 0 Å². The zero-order valence-electron chi connectivity index (χ0n) is 17.2. The number of anilines is 1. The molecule has 0 aromatic heterocycles. The Labute approximate surface area is 177 Å². The Hall–Kier alpha value is -3.69. The fourth-order valence-electron chi connectivity index (χ4n) is 2.51. The van der Waals surface area contributed by atoms with Gasteiger partial charge in [0.25, 0.3) is 11.8 Å². The van der Waals surface area contributed by atoms with Crippen LogP contribution in [0.15, 0.2) is 36.4 Å². The summed E-state index contributed by atoms with van der Waals surface area (Å²) in [6, 6.07) is 7.29. The fraction of sp³-hybridized carbons (Fsp3) is 0.286. The lowest BCUT2D eigenvalue weighted by atomic mass is 10.2. The van der Waals surface area contributed by atoms with Crippen LogP contribution in [0.4, 0.5) is 14.5 Å². The van der Waals surface area contributed by atoms with Crippen LogP contribution in [-0.2, 0) is 14.3 Å². The highest BCUT2D eigenvalue weighted by atomic mass is 19.1. The number of carbonyl (C=O) groups excluding carboxylic acids is 3. The number of halogens is 2. The van der Waals surface area contributed by atoms with Crippen molar-refractivity contribution in [1.82, 2.24) is 5.32 Å². The van der Waals surface area contributed by atoms with Gasteiger partial charge in [0, 0.05) is 24.4 Å². The second-order valence-electron chi connectivity index (χ2n) is 6.32. The van der Waals surface area contributed by atoms with E-state index in [9.17, 15) is 23.2 Å². The van der Waals surface area contributed by atoms with E-state index in [0.717, 1.165) is 12.1 Å². The summed E-state index contributed by atoms with van der Waals surface area (Å²) >= 11 is 0. The van der Waals surface area contributed by atoms with Crippen molar-refractivity contribution in [1.29, 1.82) is 0 Å². The third-order valence-electron chi connectivity index (χ3n) is 4.12. The normalized spacial score (nSPS) is 11.3. The SMILES string of the molecule is COc1ccc(NC(=O)C(C)OC(=O)CCNC(=O)c2ccc(F)cc2F)cc1OC. The Balaban J connectivity index is 1.81. The Bertz CT molecular complexity index is 967. The summed E-state index contributed by atoms with van der Waals surface area (Å²) in [4.78, 5) is 36.0. The smallest absolute Gasteiger partial charge is 0.308 e. The predicted octanol–water partition coefficient (Wildman–Crippen LogP) is 2.67. The monoisotopic (exact) mass is 436 g/mol. The number of nitrogens with one attached hydrogen (secondary N) is 2. The van der Waals surface area contributed by atoms with Crippen LogP contribution in [0.1, 0.15) is 23.7 Å². The second-order valence-corrected chi connectivity index (χ2v) is 6.32. The van der Waals surface area contributed by atoms with Crippen LogP contribution in [0.25, 0.3) is 0 Å². The van der Waals surface area contributed by atoms with E-state index >= 15 is 0 Å². The quantitative estimate of drug-likeness (QED) is 0.586. The summed E-state index contributed by atoms with van der Waals surface area (Å²) in [5, 5.41) is 4.91. The van der Waals surface area contributed by atoms with E-state index in [2.05, 4.69) is 10.6 Å². The van der Waals surface area contributed by atoms with E-state index < -0.39 is 35.5 Å². The number of amides is 2. The molecule has 0 fully saturated rings. The molecule has 0 spiro atoms. The van der Waals surface area contributed by atoms with E-state index in [0.29, 0.717) is 23.3 Å². The van der Waals surface area contributed by atoms with Gasteiger partial charge in [0.15, 0.2) is 17.6 Å². The minimum Gasteiger partial charge on any atom is -0.493 e. The minimum absolute atomic E-state index is 0.154. The number of benzene rings is 2. The second kappa shape index (κ2) is 10.9. The van der Waals surface area contributed by atoms with E-state index in [1.165, 1.54) is 21.1 Å². The molecule has 8 nitrogen and oxygen atoms in total. The van der Waals surface area contributed by atoms with Crippen LogP contribution in [0.3, 0.4) is 0 Å². The number of esters is 1. The molecule has 0 bridgehead atoms. The maximum absolute atomic E-state index is 13.6. The summed E-state index contributed by atoms with van der Waals surface area (Å²) in [7, 11) is 2.94. The molecule has 0 radical (unpaired) electrons. The third kappa shape index (κ3) is 6.66. The first-order chi connectivity index (χ1) is 14.7. The molecule has 0 aliphatic carbocycles. The van der Waals surface area contributed by atoms with Crippen molar-refractivity contribution in [2.75, 3.05) is 26.1 Å². The van der Waals surface area contributed by atoms with Gasteiger partial charge in [0.1, 0.15) is 11.6 Å². The van der Waals surface area contributed by atoms with Crippen LogP contribution in [-0.4, -0.2) is 44.7 Å². The number of carbonyl (C=O) groups is 3. The Morgan fingerprint density at radius 3 is 2.35 bits per heavy atom. The lowest BCUT2D eigenvalue weighted by Crippen LogP contribution is -2.32. The fourth-order valence-corrected chi connectivity index (χ4v) is 2.51. The summed E-state index contributed by atoms with van der Waals surface area (Å²) in [6.45, 7) is 1.24. The first kappa shape index (κ1) is 23.6. The van der Waals surface area contributed by atoms with Crippen molar-refractivity contribution in [2.24, 2.45) is 0 Å². The van der Waals surface area contributed by atoms with Gasteiger partial charge in [-0.2, -0.15) is 0 Å². The first-order valence-electron chi connectivity index (χ1n) is 9.20. The van der Waals surface area contributed by atoms with Gasteiger partial charge in [-0.25, -0.2) is 8.78 Å². The topological polar surface area (TPSA) is 103 Å². The number of ether oxygens (including phenoxy) is 3. The van der Waals surface area contributed by atoms with Gasteiger partial charge in [-0.05, 0) is 31.2 Å². The van der Waals surface area contributed by atoms with Crippen molar-refractivity contribution in [3.63, 3.8) is 0 Å². The van der Waals surface area contributed by atoms with Crippen molar-refractivity contribution in [3.05, 3.63) is 53.6 Å². The van der Waals surface area contributed by atoms with Crippen LogP contribution < -0.4 is 20.1 Å². The number of hydrogen-bond donors (Lipinski definition) is 2. The summed E-state index contributed by atoms with van der Waals surface area (Å²) in [5.41, 5.74) is 0.0663. The maximum Gasteiger partial charge on any atom is 0.308 e. The highest BCUT2D eigenvalue weighted by molar-refractivity contribution is 5.96. The molecule has 1 unspecified atom stereocenters. The summed E-state index contributed by atoms with van der Waals surface area (Å²) in [6.07, 6.45) is -1.35. The molecule has 2 aromatic rings. The predicted molar refractivity (Wildman–Crippen MR) is 107 cm³/mol. The first-order valence-corrected chi connectivity index (χ1v) is 9.20. The highest BCUT2D eigenvalue weighted by Gasteiger charge is 2.19. The Kier molecular flexibility index (Phi) is 8.30. The van der Waals surface area contributed by atoms with Gasteiger partial charge < -0.3 is 24.8 Å². The Morgan fingerprint density at radius 1 is 1.00 bits per heavy atom. The molecule has 0 saturated carbocycles. The third-order valence-corrected chi connectivity index (χ3v) is 4.12. The summed E-state index contributed by atoms with van der Waals surface area (Å²) in [5.74, 6) is -3.03. The van der Waals surface area contributed by atoms with E-state index in [1.807, 2.05) is 0 Å². The van der Waals surface area contributed by atoms with Crippen molar-refractivity contribution in [2.45, 2.75) is 19.4 Å². The van der Waals surface area contributed by atoms with E-state index in [-0.39, 0.29) is 18.5 Å². The van der Waals surface area contributed by atoms with Gasteiger partial charge in [0.05, 0.1) is 26.2 Å². The van der Waals surface area contributed by atoms with Crippen LogP contribution in [0.2, 0.25) is 0 Å². The molecule has 2 rings (SSSR count). The van der Waals surface area contributed by atoms with Gasteiger partial charge >= 0.3 is 5.97 Å². The molecular weight excluding hydrogens is 414 g/mol. The maximum atomic E-state index is 13.6. The van der Waals surface area contributed by atoms with Crippen molar-refractivity contribution < 1.29 is 37.4 Å². The van der Waals surface area contributed by atoms with Gasteiger partial charge in [0.2, 0.25) is 0 Å². The van der Waals surface area contributed by atoms with Crippen molar-refractivity contribution >= 4 is 23.5 Å². The molecule has 31 heavy (non-hydrogen) atoms. The molecule has 2 aromatic carbocycles. The average molecular weight is 436 g/mol. The van der Waals surface area contributed by atoms with Crippen molar-refractivity contribution in [3.8, 4) is 11.5 Å². The lowest BCUT2D eigenvalue weighted by Gasteiger charge is -2.15. The number of methoxy groups -OCH3 is 2. The zero-order chi connectivity index (χ0) is 23.0. The van der Waals surface area contributed by atoms with Crippen LogP contribution in [0, 0.1) is 11.6 Å². The Morgan fingerprint density at radius 2 is 1.71 bits per heavy atom. The molecule has 0 saturated heterocycles. The largest absolute Gasteiger partial charge is 0.493 e. The number of rotatable bonds is 9. The molecule has 2 N–H and O–H groups in total. The van der Waals surface area contributed by atoms with Crippen LogP contribution >= 0.6 is 0 Å². The molecule has 1 atom stereocenters. The molecule has 0 heterocycles. The molecule has 10 heteroatoms. The van der Waals surface area contributed by atoms with Gasteiger partial charge in [-0.1, -0.05) is 0 Å². The van der Waals surface area contributed by atoms with Crippen LogP contribution in [0.5, 0.6) is 11.5 Å². The molecule has 0 aliphatic rings. The molecular formula is C21H22F2N2O6. The van der Waals surface area contributed by atoms with E-state index in [1.54, 1.807) is 18.2 Å². The standard InChI is InChI=1S/C21H22F2N2O6/c1-12(20(27)25-14-5-7-17(29-2)18(11-14)30-3)31-19(26)8-9-24-21(28)15-6-4-13(22)10-16(15)23/h4-7,10-12H,8-9H2,1-3H3,(H,24,28)(H,25,27). The lowest BCUT2D eigenvalue weighted by molar-refractivity contribution is -0.153. The molecule has 2 amide bonds. The molecule has 0 aliphatic heterocycles. The average Bonchev–Trinajstić information content (AvgIpc) is 2.73. The highest BCUT2D eigenvalue weighted by Crippen LogP contribution is 2.29. The summed E-state index contributed by atoms with van der Waals surface area (Å²) < 4.78 is 41.8. The molecule has 166 valence electrons. The zero-order valence-corrected chi connectivity index (χ0v) is 17.2. The van der Waals surface area contributed by atoms with Gasteiger partial charge in [-0.3, -0.25) is 14.4 Å². The number of hydrogen-bond acceptors (Lipinski definition) is 6.